The monoisotopic (exact) mass is 121 g/mol. The van der Waals surface area contributed by atoms with Crippen molar-refractivity contribution in [2.45, 2.75) is 6.36 Å². The van der Waals surface area contributed by atoms with E-state index < -0.39 is 6.36 Å². The van der Waals surface area contributed by atoms with Gasteiger partial charge < -0.3 is 9.64 Å². The highest BCUT2D eigenvalue weighted by Gasteiger charge is 2.02. The van der Waals surface area contributed by atoms with E-state index in [0.717, 1.165) is 0 Å². The highest BCUT2D eigenvalue weighted by molar-refractivity contribution is 4.43. The lowest BCUT2D eigenvalue weighted by molar-refractivity contribution is -0.0205. The van der Waals surface area contributed by atoms with Crippen LogP contribution in [0.4, 0.5) is 4.39 Å². The first kappa shape index (κ1) is 7.85. The number of alkyl halides is 1. The summed E-state index contributed by atoms with van der Waals surface area (Å²) in [4.78, 5) is 1.73. The third-order valence-corrected chi connectivity index (χ3v) is 0.764. The Labute approximate surface area is 49.2 Å². The Balaban J connectivity index is 3.10. The molecule has 0 aromatic carbocycles. The van der Waals surface area contributed by atoms with Crippen molar-refractivity contribution >= 4 is 0 Å². The summed E-state index contributed by atoms with van der Waals surface area (Å²) in [6.45, 7) is 0.330. The van der Waals surface area contributed by atoms with Gasteiger partial charge in [-0.2, -0.15) is 0 Å². The third-order valence-electron chi connectivity index (χ3n) is 0.764. The molecule has 8 heavy (non-hydrogen) atoms. The molecule has 0 aliphatic carbocycles. The van der Waals surface area contributed by atoms with Crippen molar-refractivity contribution < 1.29 is 9.13 Å². The summed E-state index contributed by atoms with van der Waals surface area (Å²) >= 11 is 0. The van der Waals surface area contributed by atoms with Gasteiger partial charge in [-0.3, -0.25) is 0 Å². The number of likely N-dealkylation sites (N-methyl/N-ethyl adjacent to an activating group) is 1. The first-order valence-electron chi connectivity index (χ1n) is 2.48. The van der Waals surface area contributed by atoms with Crippen molar-refractivity contribution in [1.82, 2.24) is 4.90 Å². The van der Waals surface area contributed by atoms with Gasteiger partial charge in [0, 0.05) is 7.11 Å². The van der Waals surface area contributed by atoms with Crippen LogP contribution in [0.25, 0.3) is 0 Å². The van der Waals surface area contributed by atoms with Gasteiger partial charge in [0.15, 0.2) is 0 Å². The Hall–Kier alpha value is -0.150. The van der Waals surface area contributed by atoms with Gasteiger partial charge in [0.2, 0.25) is 6.36 Å². The second-order valence-electron chi connectivity index (χ2n) is 1.91. The van der Waals surface area contributed by atoms with Crippen molar-refractivity contribution in [3.8, 4) is 0 Å². The minimum atomic E-state index is -1.15. The zero-order valence-corrected chi connectivity index (χ0v) is 5.52. The number of methoxy groups -OCH3 is 1. The number of hydrogen-bond donors (Lipinski definition) is 0. The van der Waals surface area contributed by atoms with Crippen LogP contribution >= 0.6 is 0 Å². The van der Waals surface area contributed by atoms with E-state index in [-0.39, 0.29) is 0 Å². The molecule has 1 atom stereocenters. The molecule has 50 valence electrons. The van der Waals surface area contributed by atoms with E-state index in [9.17, 15) is 4.39 Å². The Morgan fingerprint density at radius 2 is 2.12 bits per heavy atom. The van der Waals surface area contributed by atoms with Crippen LogP contribution in [0, 0.1) is 0 Å². The van der Waals surface area contributed by atoms with E-state index in [2.05, 4.69) is 4.74 Å². The highest BCUT2D eigenvalue weighted by Crippen LogP contribution is 1.90. The second kappa shape index (κ2) is 3.80. The van der Waals surface area contributed by atoms with Crippen LogP contribution in [-0.4, -0.2) is 39.0 Å². The summed E-state index contributed by atoms with van der Waals surface area (Å²) in [5.41, 5.74) is 0. The van der Waals surface area contributed by atoms with Crippen molar-refractivity contribution in [2.75, 3.05) is 27.7 Å². The van der Waals surface area contributed by atoms with E-state index >= 15 is 0 Å². The van der Waals surface area contributed by atoms with Crippen LogP contribution in [0.3, 0.4) is 0 Å². The van der Waals surface area contributed by atoms with Crippen LogP contribution in [0.15, 0.2) is 0 Å². The predicted octanol–water partition coefficient (Wildman–Crippen LogP) is 0.490. The van der Waals surface area contributed by atoms with Gasteiger partial charge in [0.1, 0.15) is 0 Å². The van der Waals surface area contributed by atoms with E-state index in [1.807, 2.05) is 0 Å². The minimum Gasteiger partial charge on any atom is -0.350 e. The van der Waals surface area contributed by atoms with Crippen molar-refractivity contribution in [3.05, 3.63) is 0 Å². The molecule has 0 aromatic rings. The molecule has 0 rings (SSSR count). The molecule has 0 N–H and O–H groups in total. The molecule has 3 heteroatoms. The molecule has 2 nitrogen and oxygen atoms in total. The maximum absolute atomic E-state index is 12.1. The summed E-state index contributed by atoms with van der Waals surface area (Å²) in [5, 5.41) is 0. The molecule has 0 unspecified atom stereocenters. The molecule has 0 aromatic heterocycles. The van der Waals surface area contributed by atoms with Crippen LogP contribution in [-0.2, 0) is 4.74 Å². The molecule has 0 amide bonds. The summed E-state index contributed by atoms with van der Waals surface area (Å²) in [7, 11) is 4.95. The zero-order valence-electron chi connectivity index (χ0n) is 5.52. The molecular weight excluding hydrogens is 109 g/mol. The molecule has 0 fully saturated rings. The van der Waals surface area contributed by atoms with Gasteiger partial charge in [-0.1, -0.05) is 0 Å². The first-order chi connectivity index (χ1) is 3.66. The van der Waals surface area contributed by atoms with Gasteiger partial charge >= 0.3 is 0 Å². The summed E-state index contributed by atoms with van der Waals surface area (Å²) < 4.78 is 16.5. The van der Waals surface area contributed by atoms with Crippen LogP contribution in [0.1, 0.15) is 0 Å². The van der Waals surface area contributed by atoms with E-state index in [1.165, 1.54) is 7.11 Å². The van der Waals surface area contributed by atoms with Crippen molar-refractivity contribution in [2.24, 2.45) is 0 Å². The molecular formula is C5H12FNO. The normalized spacial score (nSPS) is 14.6. The number of halogens is 1. The van der Waals surface area contributed by atoms with E-state index in [1.54, 1.807) is 19.0 Å². The first-order valence-corrected chi connectivity index (χ1v) is 2.48. The summed E-state index contributed by atoms with van der Waals surface area (Å²) in [6.07, 6.45) is -1.15. The Morgan fingerprint density at radius 1 is 1.62 bits per heavy atom. The third kappa shape index (κ3) is 4.02. The fraction of sp³-hybridized carbons (Fsp3) is 1.00. The smallest absolute Gasteiger partial charge is 0.211 e. The lowest BCUT2D eigenvalue weighted by Crippen LogP contribution is -2.23. The average molecular weight is 121 g/mol. The van der Waals surface area contributed by atoms with Crippen molar-refractivity contribution in [3.63, 3.8) is 0 Å². The summed E-state index contributed by atoms with van der Waals surface area (Å²) in [5.74, 6) is 0. The van der Waals surface area contributed by atoms with Gasteiger partial charge in [-0.25, -0.2) is 4.39 Å². The molecule has 0 aliphatic rings. The minimum absolute atomic E-state index is 0.330. The Bertz CT molecular complexity index is 58.4. The Kier molecular flexibility index (Phi) is 3.73. The Morgan fingerprint density at radius 3 is 2.25 bits per heavy atom. The summed E-state index contributed by atoms with van der Waals surface area (Å²) in [6, 6.07) is 0. The largest absolute Gasteiger partial charge is 0.350 e. The van der Waals surface area contributed by atoms with E-state index in [0.29, 0.717) is 6.54 Å². The SMILES string of the molecule is CO[C@@H](F)CN(C)C. The fourth-order valence-electron chi connectivity index (χ4n) is 0.362. The van der Waals surface area contributed by atoms with Crippen LogP contribution < -0.4 is 0 Å². The molecule has 0 aliphatic heterocycles. The van der Waals surface area contributed by atoms with Crippen LogP contribution in [0.2, 0.25) is 0 Å². The molecule has 0 radical (unpaired) electrons. The van der Waals surface area contributed by atoms with Gasteiger partial charge in [-0.05, 0) is 14.1 Å². The molecule has 0 spiro atoms. The van der Waals surface area contributed by atoms with Gasteiger partial charge in [0.25, 0.3) is 0 Å². The number of ether oxygens (including phenoxy) is 1. The average Bonchev–Trinajstić information content (AvgIpc) is 1.65. The topological polar surface area (TPSA) is 12.5 Å². The molecule has 0 saturated heterocycles. The quantitative estimate of drug-likeness (QED) is 0.538. The van der Waals surface area contributed by atoms with Crippen LogP contribution in [0.5, 0.6) is 0 Å². The standard InChI is InChI=1S/C5H12FNO/c1-7(2)4-5(6)8-3/h5H,4H2,1-3H3/t5-/m1/s1. The second-order valence-corrected chi connectivity index (χ2v) is 1.91. The molecule has 0 bridgehead atoms. The molecule has 0 heterocycles. The lowest BCUT2D eigenvalue weighted by atomic mass is 10.6. The highest BCUT2D eigenvalue weighted by atomic mass is 19.1. The zero-order chi connectivity index (χ0) is 6.57. The van der Waals surface area contributed by atoms with Gasteiger partial charge in [-0.15, -0.1) is 0 Å². The number of hydrogen-bond acceptors (Lipinski definition) is 2. The fourth-order valence-corrected chi connectivity index (χ4v) is 0.362. The van der Waals surface area contributed by atoms with Crippen molar-refractivity contribution in [1.29, 1.82) is 0 Å². The lowest BCUT2D eigenvalue weighted by Gasteiger charge is -2.11. The van der Waals surface area contributed by atoms with Gasteiger partial charge in [0.05, 0.1) is 6.54 Å². The predicted molar refractivity (Wildman–Crippen MR) is 30.5 cm³/mol. The molecule has 0 saturated carbocycles. The maximum Gasteiger partial charge on any atom is 0.211 e. The number of nitrogens with zero attached hydrogens (tertiary/aromatic N) is 1. The maximum atomic E-state index is 12.1. The number of rotatable bonds is 3. The van der Waals surface area contributed by atoms with E-state index in [4.69, 9.17) is 0 Å².